The second kappa shape index (κ2) is 8.03. The highest BCUT2D eigenvalue weighted by Crippen LogP contribution is 2.23. The Bertz CT molecular complexity index is 540. The standard InChI is InChI=1S/C16H21ClN2O3/c1-22-16(21)12-6-7-13(17)14(10-12)18-11-15(20)19-8-4-2-3-5-9-19/h6-7,10,18H,2-5,8-9,11H2,1H3. The van der Waals surface area contributed by atoms with Gasteiger partial charge in [0.25, 0.3) is 0 Å². The van der Waals surface area contributed by atoms with E-state index in [0.29, 0.717) is 16.3 Å². The van der Waals surface area contributed by atoms with E-state index in [1.165, 1.54) is 20.0 Å². The van der Waals surface area contributed by atoms with Crippen molar-refractivity contribution in [3.05, 3.63) is 28.8 Å². The van der Waals surface area contributed by atoms with Crippen molar-refractivity contribution in [2.24, 2.45) is 0 Å². The third-order valence-corrected chi connectivity index (χ3v) is 4.11. The molecule has 0 atom stereocenters. The molecule has 1 aromatic rings. The molecule has 120 valence electrons. The second-order valence-corrected chi connectivity index (χ2v) is 5.74. The number of nitrogens with one attached hydrogen (secondary N) is 1. The average Bonchev–Trinajstić information content (AvgIpc) is 2.82. The van der Waals surface area contributed by atoms with Gasteiger partial charge >= 0.3 is 5.97 Å². The lowest BCUT2D eigenvalue weighted by atomic mass is 10.2. The van der Waals surface area contributed by atoms with E-state index in [9.17, 15) is 9.59 Å². The van der Waals surface area contributed by atoms with Gasteiger partial charge in [0.2, 0.25) is 5.91 Å². The van der Waals surface area contributed by atoms with Crippen LogP contribution in [0.5, 0.6) is 0 Å². The minimum Gasteiger partial charge on any atom is -0.465 e. The number of ether oxygens (including phenoxy) is 1. The van der Waals surface area contributed by atoms with Gasteiger partial charge in [-0.25, -0.2) is 4.79 Å². The van der Waals surface area contributed by atoms with Gasteiger partial charge in [-0.15, -0.1) is 0 Å². The summed E-state index contributed by atoms with van der Waals surface area (Å²) >= 11 is 6.10. The van der Waals surface area contributed by atoms with Crippen molar-refractivity contribution in [2.75, 3.05) is 32.1 Å². The zero-order chi connectivity index (χ0) is 15.9. The van der Waals surface area contributed by atoms with E-state index >= 15 is 0 Å². The monoisotopic (exact) mass is 324 g/mol. The van der Waals surface area contributed by atoms with Crippen LogP contribution in [0.1, 0.15) is 36.0 Å². The molecule has 0 radical (unpaired) electrons. The van der Waals surface area contributed by atoms with Crippen LogP contribution in [0.25, 0.3) is 0 Å². The summed E-state index contributed by atoms with van der Waals surface area (Å²) in [7, 11) is 1.33. The third-order valence-electron chi connectivity index (χ3n) is 3.78. The molecule has 1 aromatic carbocycles. The molecule has 1 saturated heterocycles. The topological polar surface area (TPSA) is 58.6 Å². The Balaban J connectivity index is 1.98. The molecule has 5 nitrogen and oxygen atoms in total. The van der Waals surface area contributed by atoms with Crippen LogP contribution in [-0.2, 0) is 9.53 Å². The quantitative estimate of drug-likeness (QED) is 0.865. The molecule has 0 bridgehead atoms. The number of benzene rings is 1. The van der Waals surface area contributed by atoms with E-state index in [-0.39, 0.29) is 12.5 Å². The number of hydrogen-bond donors (Lipinski definition) is 1. The number of carbonyl (C=O) groups is 2. The first-order valence-corrected chi connectivity index (χ1v) is 7.89. The maximum absolute atomic E-state index is 12.2. The molecule has 0 saturated carbocycles. The van der Waals surface area contributed by atoms with Gasteiger partial charge in [-0.05, 0) is 31.0 Å². The number of halogens is 1. The summed E-state index contributed by atoms with van der Waals surface area (Å²) in [4.78, 5) is 25.7. The molecule has 1 N–H and O–H groups in total. The van der Waals surface area contributed by atoms with Crippen molar-refractivity contribution in [3.63, 3.8) is 0 Å². The van der Waals surface area contributed by atoms with Gasteiger partial charge in [0, 0.05) is 13.1 Å². The molecule has 2 rings (SSSR count). The second-order valence-electron chi connectivity index (χ2n) is 5.33. The lowest BCUT2D eigenvalue weighted by Gasteiger charge is -2.21. The summed E-state index contributed by atoms with van der Waals surface area (Å²) in [5.74, 6) is -0.375. The molecular formula is C16H21ClN2O3. The smallest absolute Gasteiger partial charge is 0.337 e. The SMILES string of the molecule is COC(=O)c1ccc(Cl)c(NCC(=O)N2CCCCCC2)c1. The summed E-state index contributed by atoms with van der Waals surface area (Å²) in [6.45, 7) is 1.80. The highest BCUT2D eigenvalue weighted by molar-refractivity contribution is 6.33. The zero-order valence-corrected chi connectivity index (χ0v) is 13.5. The Morgan fingerprint density at radius 2 is 1.91 bits per heavy atom. The maximum atomic E-state index is 12.2. The van der Waals surface area contributed by atoms with Crippen LogP contribution in [0.3, 0.4) is 0 Å². The van der Waals surface area contributed by atoms with Crippen molar-refractivity contribution in [1.29, 1.82) is 0 Å². The summed E-state index contributed by atoms with van der Waals surface area (Å²) in [6.07, 6.45) is 4.49. The van der Waals surface area contributed by atoms with Crippen molar-refractivity contribution < 1.29 is 14.3 Å². The van der Waals surface area contributed by atoms with Gasteiger partial charge in [-0.3, -0.25) is 4.79 Å². The Morgan fingerprint density at radius 3 is 2.55 bits per heavy atom. The highest BCUT2D eigenvalue weighted by Gasteiger charge is 2.16. The Hall–Kier alpha value is -1.75. The molecule has 1 fully saturated rings. The molecular weight excluding hydrogens is 304 g/mol. The highest BCUT2D eigenvalue weighted by atomic mass is 35.5. The van der Waals surface area contributed by atoms with Gasteiger partial charge in [-0.2, -0.15) is 0 Å². The van der Waals surface area contributed by atoms with Gasteiger partial charge in [0.15, 0.2) is 0 Å². The fourth-order valence-electron chi connectivity index (χ4n) is 2.51. The number of nitrogens with zero attached hydrogens (tertiary/aromatic N) is 1. The molecule has 6 heteroatoms. The van der Waals surface area contributed by atoms with Crippen LogP contribution in [0.15, 0.2) is 18.2 Å². The average molecular weight is 325 g/mol. The molecule has 0 aromatic heterocycles. The Labute approximate surface area is 135 Å². The predicted molar refractivity (Wildman–Crippen MR) is 86.3 cm³/mol. The van der Waals surface area contributed by atoms with Crippen LogP contribution in [0.2, 0.25) is 5.02 Å². The fourth-order valence-corrected chi connectivity index (χ4v) is 2.69. The number of methoxy groups -OCH3 is 1. The number of esters is 1. The summed E-state index contributed by atoms with van der Waals surface area (Å²) in [6, 6.07) is 4.81. The van der Waals surface area contributed by atoms with E-state index in [4.69, 9.17) is 11.6 Å². The van der Waals surface area contributed by atoms with Gasteiger partial charge in [0.1, 0.15) is 0 Å². The van der Waals surface area contributed by atoms with Crippen LogP contribution in [0.4, 0.5) is 5.69 Å². The first-order chi connectivity index (χ1) is 10.6. The largest absolute Gasteiger partial charge is 0.465 e. The molecule has 1 aliphatic heterocycles. The lowest BCUT2D eigenvalue weighted by molar-refractivity contribution is -0.129. The Kier molecular flexibility index (Phi) is 6.07. The molecule has 1 heterocycles. The fraction of sp³-hybridized carbons (Fsp3) is 0.500. The van der Waals surface area contributed by atoms with Crippen molar-refractivity contribution in [3.8, 4) is 0 Å². The number of amides is 1. The predicted octanol–water partition coefficient (Wildman–Crippen LogP) is 2.94. The van der Waals surface area contributed by atoms with Gasteiger partial charge in [0.05, 0.1) is 29.9 Å². The molecule has 0 spiro atoms. The van der Waals surface area contributed by atoms with Crippen molar-refractivity contribution >= 4 is 29.2 Å². The van der Waals surface area contributed by atoms with Gasteiger partial charge in [-0.1, -0.05) is 24.4 Å². The first-order valence-electron chi connectivity index (χ1n) is 7.51. The number of anilines is 1. The maximum Gasteiger partial charge on any atom is 0.337 e. The molecule has 22 heavy (non-hydrogen) atoms. The first kappa shape index (κ1) is 16.6. The van der Waals surface area contributed by atoms with E-state index in [1.807, 2.05) is 4.90 Å². The van der Waals surface area contributed by atoms with E-state index in [0.717, 1.165) is 25.9 Å². The molecule has 0 unspecified atom stereocenters. The number of likely N-dealkylation sites (tertiary alicyclic amines) is 1. The summed E-state index contributed by atoms with van der Waals surface area (Å²) < 4.78 is 4.68. The summed E-state index contributed by atoms with van der Waals surface area (Å²) in [5.41, 5.74) is 0.962. The minimum atomic E-state index is -0.432. The van der Waals surface area contributed by atoms with Crippen LogP contribution in [-0.4, -0.2) is 43.5 Å². The molecule has 1 aliphatic rings. The molecule has 0 aliphatic carbocycles. The molecule has 1 amide bonds. The van der Waals surface area contributed by atoms with Crippen LogP contribution in [0, 0.1) is 0 Å². The normalized spacial score (nSPS) is 15.1. The Morgan fingerprint density at radius 1 is 1.23 bits per heavy atom. The number of carbonyl (C=O) groups excluding carboxylic acids is 2. The van der Waals surface area contributed by atoms with Crippen molar-refractivity contribution in [1.82, 2.24) is 4.90 Å². The summed E-state index contributed by atoms with van der Waals surface area (Å²) in [5, 5.41) is 3.49. The van der Waals surface area contributed by atoms with E-state index in [1.54, 1.807) is 18.2 Å². The zero-order valence-electron chi connectivity index (χ0n) is 12.7. The number of rotatable bonds is 4. The van der Waals surface area contributed by atoms with Crippen LogP contribution >= 0.6 is 11.6 Å². The van der Waals surface area contributed by atoms with Gasteiger partial charge < -0.3 is 15.0 Å². The van der Waals surface area contributed by atoms with Crippen molar-refractivity contribution in [2.45, 2.75) is 25.7 Å². The minimum absolute atomic E-state index is 0.0569. The third kappa shape index (κ3) is 4.37. The number of hydrogen-bond acceptors (Lipinski definition) is 4. The van der Waals surface area contributed by atoms with E-state index < -0.39 is 5.97 Å². The lowest BCUT2D eigenvalue weighted by Crippen LogP contribution is -2.36. The van der Waals surface area contributed by atoms with Crippen LogP contribution < -0.4 is 5.32 Å². The van der Waals surface area contributed by atoms with E-state index in [2.05, 4.69) is 10.1 Å².